The number of carboxylic acids is 1. The fourth-order valence-corrected chi connectivity index (χ4v) is 1.69. The number of carboxylic acid groups (broad SMARTS) is 1. The van der Waals surface area contributed by atoms with Crippen molar-refractivity contribution in [3.05, 3.63) is 41.7 Å². The van der Waals surface area contributed by atoms with E-state index in [9.17, 15) is 13.6 Å². The summed E-state index contributed by atoms with van der Waals surface area (Å²) in [6.45, 7) is 0. The maximum atomic E-state index is 13.4. The molecule has 0 unspecified atom stereocenters. The zero-order chi connectivity index (χ0) is 12.4. The zero-order valence-corrected chi connectivity index (χ0v) is 8.78. The standard InChI is InChI=1S/C12H9F2NO2/c13-7-5-9-8(10(14)6-7)3-4-15-11(9)1-2-12(16)17/h3-6H,1-2H2,(H,16,17). The van der Waals surface area contributed by atoms with Crippen molar-refractivity contribution in [2.24, 2.45) is 0 Å². The van der Waals surface area contributed by atoms with Crippen molar-refractivity contribution in [3.8, 4) is 0 Å². The van der Waals surface area contributed by atoms with Crippen LogP contribution in [0.15, 0.2) is 24.4 Å². The minimum absolute atomic E-state index is 0.121. The summed E-state index contributed by atoms with van der Waals surface area (Å²) in [4.78, 5) is 14.4. The van der Waals surface area contributed by atoms with Crippen LogP contribution < -0.4 is 0 Å². The van der Waals surface area contributed by atoms with Gasteiger partial charge in [0.25, 0.3) is 0 Å². The number of rotatable bonds is 3. The fraction of sp³-hybridized carbons (Fsp3) is 0.167. The van der Waals surface area contributed by atoms with E-state index in [0.717, 1.165) is 6.07 Å². The molecular weight excluding hydrogens is 228 g/mol. The molecule has 88 valence electrons. The van der Waals surface area contributed by atoms with Crippen molar-refractivity contribution in [2.75, 3.05) is 0 Å². The molecule has 2 rings (SSSR count). The van der Waals surface area contributed by atoms with Crippen LogP contribution in [-0.2, 0) is 11.2 Å². The van der Waals surface area contributed by atoms with E-state index in [-0.39, 0.29) is 18.2 Å². The van der Waals surface area contributed by atoms with Crippen molar-refractivity contribution in [1.29, 1.82) is 0 Å². The van der Waals surface area contributed by atoms with Crippen LogP contribution in [0, 0.1) is 11.6 Å². The van der Waals surface area contributed by atoms with Gasteiger partial charge >= 0.3 is 5.97 Å². The summed E-state index contributed by atoms with van der Waals surface area (Å²) in [5.74, 6) is -2.33. The highest BCUT2D eigenvalue weighted by Gasteiger charge is 2.09. The van der Waals surface area contributed by atoms with Crippen molar-refractivity contribution in [2.45, 2.75) is 12.8 Å². The summed E-state index contributed by atoms with van der Waals surface area (Å²) in [7, 11) is 0. The van der Waals surface area contributed by atoms with Gasteiger partial charge in [0.05, 0.1) is 6.42 Å². The van der Waals surface area contributed by atoms with Crippen LogP contribution in [0.25, 0.3) is 10.8 Å². The minimum atomic E-state index is -0.972. The second kappa shape index (κ2) is 4.45. The first kappa shape index (κ1) is 11.4. The average Bonchev–Trinajstić information content (AvgIpc) is 2.26. The smallest absolute Gasteiger partial charge is 0.303 e. The molecule has 0 aliphatic carbocycles. The van der Waals surface area contributed by atoms with Gasteiger partial charge < -0.3 is 5.11 Å². The van der Waals surface area contributed by atoms with Crippen molar-refractivity contribution < 1.29 is 18.7 Å². The summed E-state index contributed by atoms with van der Waals surface area (Å²) in [5, 5.41) is 9.16. The third-order valence-electron chi connectivity index (χ3n) is 2.45. The second-order valence-electron chi connectivity index (χ2n) is 3.63. The van der Waals surface area contributed by atoms with Gasteiger partial charge in [-0.15, -0.1) is 0 Å². The van der Waals surface area contributed by atoms with Crippen LogP contribution in [0.5, 0.6) is 0 Å². The molecule has 1 aromatic carbocycles. The Morgan fingerprint density at radius 3 is 2.76 bits per heavy atom. The molecule has 0 radical (unpaired) electrons. The van der Waals surface area contributed by atoms with Gasteiger partial charge in [-0.25, -0.2) is 8.78 Å². The molecule has 5 heteroatoms. The van der Waals surface area contributed by atoms with E-state index in [0.29, 0.717) is 11.1 Å². The number of halogens is 2. The number of aryl methyl sites for hydroxylation is 1. The molecule has 17 heavy (non-hydrogen) atoms. The Hall–Kier alpha value is -2.04. The van der Waals surface area contributed by atoms with Crippen LogP contribution >= 0.6 is 0 Å². The lowest BCUT2D eigenvalue weighted by Crippen LogP contribution is -2.00. The molecule has 1 N–H and O–H groups in total. The highest BCUT2D eigenvalue weighted by Crippen LogP contribution is 2.22. The quantitative estimate of drug-likeness (QED) is 0.892. The van der Waals surface area contributed by atoms with Gasteiger partial charge in [-0.05, 0) is 12.1 Å². The molecule has 1 aromatic heterocycles. The number of nitrogens with zero attached hydrogens (tertiary/aromatic N) is 1. The summed E-state index contributed by atoms with van der Waals surface area (Å²) >= 11 is 0. The highest BCUT2D eigenvalue weighted by molar-refractivity contribution is 5.85. The molecule has 0 bridgehead atoms. The van der Waals surface area contributed by atoms with Crippen molar-refractivity contribution in [1.82, 2.24) is 4.98 Å². The molecule has 0 aliphatic heterocycles. The first-order valence-electron chi connectivity index (χ1n) is 5.02. The van der Waals surface area contributed by atoms with E-state index in [2.05, 4.69) is 4.98 Å². The number of aromatic nitrogens is 1. The average molecular weight is 237 g/mol. The van der Waals surface area contributed by atoms with Gasteiger partial charge in [0.1, 0.15) is 11.6 Å². The predicted octanol–water partition coefficient (Wildman–Crippen LogP) is 2.53. The molecule has 0 saturated heterocycles. The van der Waals surface area contributed by atoms with Gasteiger partial charge in [0.2, 0.25) is 0 Å². The summed E-state index contributed by atoms with van der Waals surface area (Å²) in [6.07, 6.45) is 1.42. The molecule has 2 aromatic rings. The lowest BCUT2D eigenvalue weighted by atomic mass is 10.1. The largest absolute Gasteiger partial charge is 0.481 e. The van der Waals surface area contributed by atoms with E-state index >= 15 is 0 Å². The van der Waals surface area contributed by atoms with Crippen LogP contribution in [0.2, 0.25) is 0 Å². The predicted molar refractivity (Wildman–Crippen MR) is 57.6 cm³/mol. The fourth-order valence-electron chi connectivity index (χ4n) is 1.69. The number of aliphatic carboxylic acids is 1. The number of carbonyl (C=O) groups is 1. The monoisotopic (exact) mass is 237 g/mol. The van der Waals surface area contributed by atoms with Gasteiger partial charge in [0, 0.05) is 35.2 Å². The SMILES string of the molecule is O=C(O)CCc1nccc2c(F)cc(F)cc12. The third-order valence-corrected chi connectivity index (χ3v) is 2.45. The second-order valence-corrected chi connectivity index (χ2v) is 3.63. The molecule has 0 atom stereocenters. The van der Waals surface area contributed by atoms with Crippen LogP contribution in [0.1, 0.15) is 12.1 Å². The molecule has 0 amide bonds. The Bertz CT molecular complexity index is 584. The van der Waals surface area contributed by atoms with Gasteiger partial charge in [0.15, 0.2) is 0 Å². The molecule has 3 nitrogen and oxygen atoms in total. The Labute approximate surface area is 95.7 Å². The number of fused-ring (bicyclic) bond motifs is 1. The molecule has 0 spiro atoms. The summed E-state index contributed by atoms with van der Waals surface area (Å²) in [5.41, 5.74) is 0.392. The number of hydrogen-bond acceptors (Lipinski definition) is 2. The third kappa shape index (κ3) is 2.38. The van der Waals surface area contributed by atoms with Gasteiger partial charge in [-0.1, -0.05) is 0 Å². The molecular formula is C12H9F2NO2. The van der Waals surface area contributed by atoms with Crippen molar-refractivity contribution in [3.63, 3.8) is 0 Å². The Kier molecular flexibility index (Phi) is 2.99. The lowest BCUT2D eigenvalue weighted by Gasteiger charge is -2.05. The zero-order valence-electron chi connectivity index (χ0n) is 8.78. The summed E-state index contributed by atoms with van der Waals surface area (Å²) < 4.78 is 26.5. The lowest BCUT2D eigenvalue weighted by molar-refractivity contribution is -0.136. The molecule has 1 heterocycles. The van der Waals surface area contributed by atoms with Crippen LogP contribution in [0.4, 0.5) is 8.78 Å². The van der Waals surface area contributed by atoms with E-state index in [1.807, 2.05) is 0 Å². The molecule has 0 aliphatic rings. The first-order valence-corrected chi connectivity index (χ1v) is 5.02. The van der Waals surface area contributed by atoms with Crippen molar-refractivity contribution >= 4 is 16.7 Å². The Balaban J connectivity index is 2.52. The Morgan fingerprint density at radius 2 is 2.06 bits per heavy atom. The normalized spacial score (nSPS) is 10.7. The number of hydrogen-bond donors (Lipinski definition) is 1. The number of benzene rings is 1. The Morgan fingerprint density at radius 1 is 1.29 bits per heavy atom. The minimum Gasteiger partial charge on any atom is -0.481 e. The van der Waals surface area contributed by atoms with Crippen LogP contribution in [0.3, 0.4) is 0 Å². The summed E-state index contributed by atoms with van der Waals surface area (Å²) in [6, 6.07) is 3.40. The van der Waals surface area contributed by atoms with Gasteiger partial charge in [-0.3, -0.25) is 9.78 Å². The first-order chi connectivity index (χ1) is 8.08. The van der Waals surface area contributed by atoms with E-state index in [4.69, 9.17) is 5.11 Å². The maximum absolute atomic E-state index is 13.4. The highest BCUT2D eigenvalue weighted by atomic mass is 19.1. The maximum Gasteiger partial charge on any atom is 0.303 e. The van der Waals surface area contributed by atoms with E-state index in [1.54, 1.807) is 0 Å². The number of pyridine rings is 1. The topological polar surface area (TPSA) is 50.2 Å². The van der Waals surface area contributed by atoms with E-state index < -0.39 is 17.6 Å². The van der Waals surface area contributed by atoms with Crippen LogP contribution in [-0.4, -0.2) is 16.1 Å². The molecule has 0 saturated carbocycles. The molecule has 0 fully saturated rings. The van der Waals surface area contributed by atoms with E-state index in [1.165, 1.54) is 18.3 Å². The van der Waals surface area contributed by atoms with Gasteiger partial charge in [-0.2, -0.15) is 0 Å².